The van der Waals surface area contributed by atoms with Crippen molar-refractivity contribution < 1.29 is 15.3 Å². The second-order valence-corrected chi connectivity index (χ2v) is 2.61. The predicted molar refractivity (Wildman–Crippen MR) is 44.5 cm³/mol. The molecule has 1 aromatic carbocycles. The van der Waals surface area contributed by atoms with Crippen LogP contribution in [0.15, 0.2) is 30.3 Å². The maximum absolute atomic E-state index is 9.38. The largest absolute Gasteiger partial charge is 0.394 e. The Balaban J connectivity index is 2.71. The van der Waals surface area contributed by atoms with E-state index in [0.717, 1.165) is 0 Å². The van der Waals surface area contributed by atoms with Crippen LogP contribution in [0.4, 0.5) is 0 Å². The fraction of sp³-hybridized carbons (Fsp3) is 0.333. The van der Waals surface area contributed by atoms with Crippen LogP contribution >= 0.6 is 0 Å². The van der Waals surface area contributed by atoms with E-state index < -0.39 is 18.8 Å². The summed E-state index contributed by atoms with van der Waals surface area (Å²) in [5.41, 5.74) is 0.610. The Morgan fingerprint density at radius 3 is 2.17 bits per heavy atom. The van der Waals surface area contributed by atoms with E-state index in [-0.39, 0.29) is 0 Å². The lowest BCUT2D eigenvalue weighted by atomic mass is 10.1. The highest BCUT2D eigenvalue weighted by atomic mass is 16.4. The van der Waals surface area contributed by atoms with Gasteiger partial charge in [-0.05, 0) is 5.56 Å². The molecule has 1 aromatic rings. The molecular formula is C9H12O3. The van der Waals surface area contributed by atoms with Gasteiger partial charge in [-0.3, -0.25) is 0 Å². The van der Waals surface area contributed by atoms with Gasteiger partial charge in [0, 0.05) is 0 Å². The van der Waals surface area contributed by atoms with Crippen LogP contribution in [0.25, 0.3) is 0 Å². The van der Waals surface area contributed by atoms with Gasteiger partial charge in [0.2, 0.25) is 0 Å². The van der Waals surface area contributed by atoms with Crippen LogP contribution in [0.3, 0.4) is 0 Å². The smallest absolute Gasteiger partial charge is 0.107 e. The average molecular weight is 168 g/mol. The number of aliphatic hydroxyl groups excluding tert-OH is 3. The minimum atomic E-state index is -1.10. The number of hydrogen-bond acceptors (Lipinski definition) is 3. The van der Waals surface area contributed by atoms with E-state index in [1.54, 1.807) is 24.3 Å². The van der Waals surface area contributed by atoms with Crippen molar-refractivity contribution in [1.82, 2.24) is 0 Å². The minimum Gasteiger partial charge on any atom is -0.394 e. The van der Waals surface area contributed by atoms with E-state index in [1.165, 1.54) is 0 Å². The lowest BCUT2D eigenvalue weighted by molar-refractivity contribution is -0.0152. The first-order valence-electron chi connectivity index (χ1n) is 3.77. The molecule has 0 aliphatic carbocycles. The first-order valence-corrected chi connectivity index (χ1v) is 3.77. The van der Waals surface area contributed by atoms with Crippen LogP contribution in [-0.2, 0) is 0 Å². The lowest BCUT2D eigenvalue weighted by Gasteiger charge is -2.15. The molecule has 3 N–H and O–H groups in total. The van der Waals surface area contributed by atoms with Gasteiger partial charge >= 0.3 is 0 Å². The van der Waals surface area contributed by atoms with Gasteiger partial charge in [-0.2, -0.15) is 0 Å². The van der Waals surface area contributed by atoms with Crippen LogP contribution < -0.4 is 0 Å². The third-order valence-corrected chi connectivity index (χ3v) is 1.69. The molecule has 0 radical (unpaired) electrons. The van der Waals surface area contributed by atoms with Gasteiger partial charge in [0.15, 0.2) is 0 Å². The topological polar surface area (TPSA) is 60.7 Å². The lowest BCUT2D eigenvalue weighted by Crippen LogP contribution is -2.21. The summed E-state index contributed by atoms with van der Waals surface area (Å²) in [5.74, 6) is 0. The van der Waals surface area contributed by atoms with Gasteiger partial charge in [0.1, 0.15) is 12.2 Å². The van der Waals surface area contributed by atoms with Crippen molar-refractivity contribution in [2.24, 2.45) is 0 Å². The van der Waals surface area contributed by atoms with E-state index in [4.69, 9.17) is 10.2 Å². The number of aliphatic hydroxyl groups is 3. The summed E-state index contributed by atoms with van der Waals surface area (Å²) in [5, 5.41) is 27.0. The van der Waals surface area contributed by atoms with Crippen molar-refractivity contribution in [2.45, 2.75) is 12.2 Å². The van der Waals surface area contributed by atoms with E-state index >= 15 is 0 Å². The number of hydrogen-bond donors (Lipinski definition) is 3. The molecule has 0 aromatic heterocycles. The monoisotopic (exact) mass is 168 g/mol. The van der Waals surface area contributed by atoms with E-state index in [0.29, 0.717) is 5.56 Å². The van der Waals surface area contributed by atoms with Crippen LogP contribution in [0.5, 0.6) is 0 Å². The van der Waals surface area contributed by atoms with Gasteiger partial charge < -0.3 is 15.3 Å². The molecule has 66 valence electrons. The van der Waals surface area contributed by atoms with Crippen molar-refractivity contribution in [3.63, 3.8) is 0 Å². The molecule has 0 spiro atoms. The molecule has 12 heavy (non-hydrogen) atoms. The van der Waals surface area contributed by atoms with Crippen LogP contribution in [-0.4, -0.2) is 28.0 Å². The third-order valence-electron chi connectivity index (χ3n) is 1.69. The molecule has 0 fully saturated rings. The van der Waals surface area contributed by atoms with Gasteiger partial charge in [-0.1, -0.05) is 30.3 Å². The van der Waals surface area contributed by atoms with Crippen molar-refractivity contribution >= 4 is 0 Å². The molecule has 0 heterocycles. The van der Waals surface area contributed by atoms with Crippen LogP contribution in [0, 0.1) is 0 Å². The van der Waals surface area contributed by atoms with Crippen molar-refractivity contribution in [2.75, 3.05) is 6.61 Å². The molecule has 2 atom stereocenters. The Morgan fingerprint density at radius 2 is 1.67 bits per heavy atom. The normalized spacial score (nSPS) is 15.6. The Labute approximate surface area is 70.9 Å². The van der Waals surface area contributed by atoms with Gasteiger partial charge in [0.25, 0.3) is 0 Å². The van der Waals surface area contributed by atoms with E-state index in [9.17, 15) is 5.11 Å². The second-order valence-electron chi connectivity index (χ2n) is 2.61. The number of benzene rings is 1. The summed E-state index contributed by atoms with van der Waals surface area (Å²) in [4.78, 5) is 0. The highest BCUT2D eigenvalue weighted by Crippen LogP contribution is 2.15. The number of rotatable bonds is 3. The fourth-order valence-electron chi connectivity index (χ4n) is 0.972. The summed E-state index contributed by atoms with van der Waals surface area (Å²) < 4.78 is 0. The molecule has 0 saturated carbocycles. The van der Waals surface area contributed by atoms with Gasteiger partial charge in [0.05, 0.1) is 6.61 Å². The van der Waals surface area contributed by atoms with E-state index in [1.807, 2.05) is 6.07 Å². The summed E-state index contributed by atoms with van der Waals surface area (Å²) in [6.45, 7) is -0.434. The molecular weight excluding hydrogens is 156 g/mol. The molecule has 3 nitrogen and oxygen atoms in total. The van der Waals surface area contributed by atoms with Crippen LogP contribution in [0.1, 0.15) is 11.7 Å². The molecule has 3 heteroatoms. The third kappa shape index (κ3) is 2.04. The first-order chi connectivity index (χ1) is 5.75. The molecule has 0 aliphatic heterocycles. The van der Waals surface area contributed by atoms with Crippen molar-refractivity contribution in [3.05, 3.63) is 35.9 Å². The first kappa shape index (κ1) is 9.19. The Bertz CT molecular complexity index is 222. The highest BCUT2D eigenvalue weighted by Gasteiger charge is 2.16. The molecule has 0 bridgehead atoms. The Morgan fingerprint density at radius 1 is 1.08 bits per heavy atom. The minimum absolute atomic E-state index is 0.434. The highest BCUT2D eigenvalue weighted by molar-refractivity contribution is 5.18. The summed E-state index contributed by atoms with van der Waals surface area (Å²) >= 11 is 0. The quantitative estimate of drug-likeness (QED) is 0.598. The zero-order chi connectivity index (χ0) is 8.97. The molecule has 0 unspecified atom stereocenters. The summed E-state index contributed by atoms with van der Waals surface area (Å²) in [6, 6.07) is 8.75. The summed E-state index contributed by atoms with van der Waals surface area (Å²) in [7, 11) is 0. The maximum Gasteiger partial charge on any atom is 0.107 e. The fourth-order valence-corrected chi connectivity index (χ4v) is 0.972. The van der Waals surface area contributed by atoms with Crippen molar-refractivity contribution in [1.29, 1.82) is 0 Å². The van der Waals surface area contributed by atoms with Crippen LogP contribution in [0.2, 0.25) is 0 Å². The maximum atomic E-state index is 9.38. The molecule has 0 amide bonds. The SMILES string of the molecule is OC[C@@H](O)[C@@H](O)c1ccccc1. The van der Waals surface area contributed by atoms with Gasteiger partial charge in [-0.25, -0.2) is 0 Å². The molecule has 0 saturated heterocycles. The van der Waals surface area contributed by atoms with Gasteiger partial charge in [-0.15, -0.1) is 0 Å². The zero-order valence-corrected chi connectivity index (χ0v) is 6.59. The second kappa shape index (κ2) is 4.21. The van der Waals surface area contributed by atoms with E-state index in [2.05, 4.69) is 0 Å². The average Bonchev–Trinajstić information content (AvgIpc) is 2.17. The predicted octanol–water partition coefficient (Wildman–Crippen LogP) is 0.0732. The zero-order valence-electron chi connectivity index (χ0n) is 6.59. The molecule has 1 rings (SSSR count). The molecule has 0 aliphatic rings. The van der Waals surface area contributed by atoms with Crippen molar-refractivity contribution in [3.8, 4) is 0 Å². The Kier molecular flexibility index (Phi) is 3.22. The summed E-state index contributed by atoms with van der Waals surface area (Å²) in [6.07, 6.45) is -2.11. The standard InChI is InChI=1S/C9H12O3/c10-6-8(11)9(12)7-4-2-1-3-5-7/h1-5,8-12H,6H2/t8-,9+/m1/s1. The Hall–Kier alpha value is -0.900.